The van der Waals surface area contributed by atoms with Gasteiger partial charge in [0.15, 0.2) is 0 Å². The van der Waals surface area contributed by atoms with E-state index in [1.54, 1.807) is 0 Å². The van der Waals surface area contributed by atoms with Crippen LogP contribution in [0.25, 0.3) is 93.5 Å². The average Bonchev–Trinajstić information content (AvgIpc) is 3.90. The highest BCUT2D eigenvalue weighted by Crippen LogP contribution is 2.46. The van der Waals surface area contributed by atoms with Crippen molar-refractivity contribution in [2.45, 2.75) is 0 Å². The van der Waals surface area contributed by atoms with E-state index >= 15 is 0 Å². The molecule has 0 saturated heterocycles. The van der Waals surface area contributed by atoms with Crippen molar-refractivity contribution < 1.29 is 0 Å². The van der Waals surface area contributed by atoms with Gasteiger partial charge >= 0.3 is 0 Å². The summed E-state index contributed by atoms with van der Waals surface area (Å²) in [6.45, 7) is 0. The summed E-state index contributed by atoms with van der Waals surface area (Å²) in [5.41, 5.74) is 18.9. The number of fused-ring (bicyclic) bond motifs is 7. The lowest BCUT2D eigenvalue weighted by Gasteiger charge is -2.30. The molecular weight excluding hydrogens is 931 g/mol. The highest BCUT2D eigenvalue weighted by atomic mass is 15.2. The number of benzene rings is 12. The molecule has 0 amide bonds. The van der Waals surface area contributed by atoms with Crippen LogP contribution in [0.4, 0.5) is 34.1 Å². The van der Waals surface area contributed by atoms with E-state index in [1.807, 2.05) is 0 Å². The van der Waals surface area contributed by atoms with Crippen LogP contribution < -0.4 is 9.80 Å². The summed E-state index contributed by atoms with van der Waals surface area (Å²) in [6, 6.07) is 114. The van der Waals surface area contributed by atoms with E-state index in [9.17, 15) is 0 Å². The van der Waals surface area contributed by atoms with Crippen LogP contribution in [-0.4, -0.2) is 4.57 Å². The Morgan fingerprint density at radius 1 is 0.273 bits per heavy atom. The van der Waals surface area contributed by atoms with Gasteiger partial charge in [-0.15, -0.1) is 0 Å². The molecule has 77 heavy (non-hydrogen) atoms. The van der Waals surface area contributed by atoms with Crippen LogP contribution in [0.15, 0.2) is 297 Å². The molecule has 0 aliphatic rings. The van der Waals surface area contributed by atoms with Gasteiger partial charge in [-0.05, 0) is 142 Å². The summed E-state index contributed by atoms with van der Waals surface area (Å²) in [4.78, 5) is 4.75. The first-order valence-corrected chi connectivity index (χ1v) is 26.2. The fraction of sp³-hybridized carbons (Fsp3) is 0. The van der Waals surface area contributed by atoms with Gasteiger partial charge in [-0.1, -0.05) is 212 Å². The van der Waals surface area contributed by atoms with Gasteiger partial charge < -0.3 is 14.4 Å². The van der Waals surface area contributed by atoms with E-state index in [2.05, 4.69) is 324 Å². The Balaban J connectivity index is 0.961. The molecule has 0 aliphatic heterocycles. The molecule has 14 aromatic rings. The van der Waals surface area contributed by atoms with Gasteiger partial charge in [0, 0.05) is 72.1 Å². The second kappa shape index (κ2) is 19.5. The monoisotopic (exact) mass is 979 g/mol. The van der Waals surface area contributed by atoms with Crippen LogP contribution in [0, 0.1) is 12.1 Å². The summed E-state index contributed by atoms with van der Waals surface area (Å²) in [5.74, 6) is 0. The maximum atomic E-state index is 3.70. The van der Waals surface area contributed by atoms with Crippen molar-refractivity contribution in [3.05, 3.63) is 309 Å². The third-order valence-corrected chi connectivity index (χ3v) is 14.9. The predicted octanol–water partition coefficient (Wildman–Crippen LogP) is 20.3. The van der Waals surface area contributed by atoms with Crippen LogP contribution >= 0.6 is 0 Å². The normalized spacial score (nSPS) is 11.3. The van der Waals surface area contributed by atoms with Gasteiger partial charge in [-0.3, -0.25) is 0 Å². The van der Waals surface area contributed by atoms with Crippen molar-refractivity contribution in [2.24, 2.45) is 0 Å². The van der Waals surface area contributed by atoms with Crippen LogP contribution in [0.5, 0.6) is 0 Å². The van der Waals surface area contributed by atoms with Crippen molar-refractivity contribution in [1.29, 1.82) is 0 Å². The van der Waals surface area contributed by atoms with E-state index in [4.69, 9.17) is 0 Å². The number of anilines is 6. The molecule has 3 nitrogen and oxygen atoms in total. The number of para-hydroxylation sites is 4. The average molecular weight is 980 g/mol. The minimum Gasteiger partial charge on any atom is -0.310 e. The number of hydrogen-bond donors (Lipinski definition) is 0. The van der Waals surface area contributed by atoms with Crippen molar-refractivity contribution >= 4 is 77.5 Å². The van der Waals surface area contributed by atoms with Crippen molar-refractivity contribution in [3.63, 3.8) is 0 Å². The number of hydrogen-bond acceptors (Lipinski definition) is 2. The predicted molar refractivity (Wildman–Crippen MR) is 325 cm³/mol. The fourth-order valence-electron chi connectivity index (χ4n) is 11.3. The van der Waals surface area contributed by atoms with E-state index in [0.717, 1.165) is 78.2 Å². The van der Waals surface area contributed by atoms with Gasteiger partial charge in [0.25, 0.3) is 0 Å². The Hall–Kier alpha value is -10.4. The van der Waals surface area contributed by atoms with Gasteiger partial charge in [0.05, 0.1) is 11.0 Å². The molecule has 0 unspecified atom stereocenters. The summed E-state index contributed by atoms with van der Waals surface area (Å²) in [5, 5.41) is 6.83. The molecular formula is C74H49N3. The number of aromatic nitrogens is 1. The van der Waals surface area contributed by atoms with Crippen molar-refractivity contribution in [2.75, 3.05) is 9.80 Å². The first kappa shape index (κ1) is 45.2. The molecule has 0 aliphatic carbocycles. The van der Waals surface area contributed by atoms with Crippen LogP contribution in [0.1, 0.15) is 0 Å². The number of rotatable bonds is 11. The Labute approximate surface area is 449 Å². The lowest BCUT2D eigenvalue weighted by Crippen LogP contribution is -2.13. The van der Waals surface area contributed by atoms with Crippen molar-refractivity contribution in [3.8, 4) is 50.2 Å². The Morgan fingerprint density at radius 3 is 1.25 bits per heavy atom. The SMILES string of the molecule is c1c2ccccc2c2c(c#1)c(-c1ccc(-c3cc(N(c4ccccc4)c4ccc(-c5ccccc5)cc4)cc(N(c4ccccc4)c4ccc(-c5ccccc5)cc4)c3)cc1)cc1c3ccccc3n(-c3ccccc3)c12. The zero-order chi connectivity index (χ0) is 51.1. The van der Waals surface area contributed by atoms with E-state index in [1.165, 1.54) is 49.4 Å². The zero-order valence-electron chi connectivity index (χ0n) is 42.1. The fourth-order valence-corrected chi connectivity index (χ4v) is 11.3. The molecule has 3 heteroatoms. The number of nitrogens with zero attached hydrogens (tertiary/aromatic N) is 3. The molecule has 0 atom stereocenters. The maximum absolute atomic E-state index is 3.70. The molecule has 0 bridgehead atoms. The lowest BCUT2D eigenvalue weighted by atomic mass is 9.92. The minimum atomic E-state index is 1.03. The Kier molecular flexibility index (Phi) is 11.4. The molecule has 0 spiro atoms. The molecule has 0 saturated carbocycles. The van der Waals surface area contributed by atoms with E-state index in [-0.39, 0.29) is 0 Å². The summed E-state index contributed by atoms with van der Waals surface area (Å²) < 4.78 is 2.43. The summed E-state index contributed by atoms with van der Waals surface area (Å²) >= 11 is 0. The minimum absolute atomic E-state index is 1.03. The largest absolute Gasteiger partial charge is 0.310 e. The van der Waals surface area contributed by atoms with Gasteiger partial charge in [0.1, 0.15) is 0 Å². The lowest BCUT2D eigenvalue weighted by molar-refractivity contribution is 1.19. The van der Waals surface area contributed by atoms with E-state index in [0.29, 0.717) is 0 Å². The molecule has 14 rings (SSSR count). The second-order valence-corrected chi connectivity index (χ2v) is 19.5. The molecule has 0 fully saturated rings. The van der Waals surface area contributed by atoms with Crippen LogP contribution in [0.2, 0.25) is 0 Å². The quantitative estimate of drug-likeness (QED) is 0.128. The third-order valence-electron chi connectivity index (χ3n) is 14.9. The third kappa shape index (κ3) is 8.32. The molecule has 360 valence electrons. The maximum Gasteiger partial charge on any atom is 0.0632 e. The van der Waals surface area contributed by atoms with E-state index < -0.39 is 0 Å². The molecule has 1 aromatic heterocycles. The highest BCUT2D eigenvalue weighted by Gasteiger charge is 2.22. The second-order valence-electron chi connectivity index (χ2n) is 19.5. The Morgan fingerprint density at radius 2 is 0.688 bits per heavy atom. The summed E-state index contributed by atoms with van der Waals surface area (Å²) in [6.07, 6.45) is 0. The van der Waals surface area contributed by atoms with Gasteiger partial charge in [-0.25, -0.2) is 0 Å². The molecule has 1 heterocycles. The summed E-state index contributed by atoms with van der Waals surface area (Å²) in [7, 11) is 0. The van der Waals surface area contributed by atoms with Crippen LogP contribution in [-0.2, 0) is 0 Å². The van der Waals surface area contributed by atoms with Crippen LogP contribution in [0.3, 0.4) is 0 Å². The Bertz CT molecular complexity index is 4240. The molecule has 13 aromatic carbocycles. The first-order chi connectivity index (χ1) is 38.2. The zero-order valence-corrected chi connectivity index (χ0v) is 42.1. The highest BCUT2D eigenvalue weighted by molar-refractivity contribution is 6.28. The van der Waals surface area contributed by atoms with Gasteiger partial charge in [0.2, 0.25) is 0 Å². The smallest absolute Gasteiger partial charge is 0.0632 e. The molecule has 0 N–H and O–H groups in total. The topological polar surface area (TPSA) is 11.4 Å². The first-order valence-electron chi connectivity index (χ1n) is 26.2. The standard InChI is InChI=1S/C74H49N3/c1-6-20-52(21-7-1)54-38-43-63(44-39-54)75(60-25-10-3-11-26-60)65-48-59(49-66(50-65)76(61-27-12-4-13-28-61)64-45-40-55(41-46-64)53-22-8-2-9-23-53)56-34-36-58(37-35-56)70-51-71-68-32-18-19-33-72(68)77(62-29-14-5-15-30-62)74(71)73-67-31-17-16-24-57(67)42-47-69(70)73/h1-41,43-46,48-51H. The van der Waals surface area contributed by atoms with Gasteiger partial charge in [-0.2, -0.15) is 0 Å². The van der Waals surface area contributed by atoms with Crippen molar-refractivity contribution in [1.82, 2.24) is 4.57 Å². The molecule has 0 radical (unpaired) electrons.